The molecule has 0 spiro atoms. The van der Waals surface area contributed by atoms with Gasteiger partial charge in [-0.25, -0.2) is 0 Å². The number of para-hydroxylation sites is 1. The second kappa shape index (κ2) is 7.58. The van der Waals surface area contributed by atoms with Crippen LogP contribution in [0.2, 0.25) is 0 Å². The van der Waals surface area contributed by atoms with Gasteiger partial charge in [-0.3, -0.25) is 9.59 Å². The largest absolute Gasteiger partial charge is 0.573 e. The standard InChI is InChI=1S/C17H19F3N2O3/c1-11-6-7-13(16(21)24)10-22(11)15(23)9-8-12-4-2-3-5-14(12)25-17(18,19)20/h2-5,8-9,11,13H,6-7,10H2,1H3,(H2,21,24)/b9-8+/t11-,13-/m1/s1. The van der Waals surface area contributed by atoms with Crippen LogP contribution in [0.1, 0.15) is 25.3 Å². The van der Waals surface area contributed by atoms with Crippen LogP contribution < -0.4 is 10.5 Å². The Morgan fingerprint density at radius 2 is 1.96 bits per heavy atom. The molecule has 1 aromatic rings. The summed E-state index contributed by atoms with van der Waals surface area (Å²) in [6.07, 6.45) is -1.11. The fourth-order valence-electron chi connectivity index (χ4n) is 2.74. The van der Waals surface area contributed by atoms with Gasteiger partial charge in [0.1, 0.15) is 5.75 Å². The van der Waals surface area contributed by atoms with Crippen molar-refractivity contribution in [3.8, 4) is 5.75 Å². The third kappa shape index (κ3) is 5.23. The van der Waals surface area contributed by atoms with Crippen LogP contribution >= 0.6 is 0 Å². The number of hydrogen-bond acceptors (Lipinski definition) is 3. The first-order valence-corrected chi connectivity index (χ1v) is 7.80. The molecule has 1 saturated heterocycles. The van der Waals surface area contributed by atoms with E-state index in [0.717, 1.165) is 0 Å². The quantitative estimate of drug-likeness (QED) is 0.843. The minimum atomic E-state index is -4.82. The normalized spacial score (nSPS) is 21.4. The van der Waals surface area contributed by atoms with E-state index in [2.05, 4.69) is 4.74 Å². The monoisotopic (exact) mass is 356 g/mol. The molecule has 0 aromatic heterocycles. The van der Waals surface area contributed by atoms with E-state index in [4.69, 9.17) is 5.73 Å². The summed E-state index contributed by atoms with van der Waals surface area (Å²) in [5.74, 6) is -1.65. The maximum atomic E-state index is 12.4. The predicted octanol–water partition coefficient (Wildman–Crippen LogP) is 2.71. The summed E-state index contributed by atoms with van der Waals surface area (Å²) >= 11 is 0. The Kier molecular flexibility index (Phi) is 5.71. The van der Waals surface area contributed by atoms with Gasteiger partial charge in [-0.1, -0.05) is 18.2 Å². The third-order valence-electron chi connectivity index (χ3n) is 4.12. The van der Waals surface area contributed by atoms with Crippen molar-refractivity contribution in [1.82, 2.24) is 4.90 Å². The predicted molar refractivity (Wildman–Crippen MR) is 85.3 cm³/mol. The lowest BCUT2D eigenvalue weighted by molar-refractivity contribution is -0.274. The summed E-state index contributed by atoms with van der Waals surface area (Å²) in [6.45, 7) is 2.06. The van der Waals surface area contributed by atoms with Crippen LogP contribution in [0.25, 0.3) is 6.08 Å². The Bertz CT molecular complexity index is 673. The molecule has 0 bridgehead atoms. The summed E-state index contributed by atoms with van der Waals surface area (Å²) in [5, 5.41) is 0. The van der Waals surface area contributed by atoms with E-state index in [0.29, 0.717) is 12.8 Å². The van der Waals surface area contributed by atoms with Crippen LogP contribution in [0.15, 0.2) is 30.3 Å². The summed E-state index contributed by atoms with van der Waals surface area (Å²) in [7, 11) is 0. The van der Waals surface area contributed by atoms with Crippen molar-refractivity contribution in [2.75, 3.05) is 6.54 Å². The van der Waals surface area contributed by atoms with Crippen molar-refractivity contribution in [3.63, 3.8) is 0 Å². The fraction of sp³-hybridized carbons (Fsp3) is 0.412. The van der Waals surface area contributed by atoms with Crippen molar-refractivity contribution < 1.29 is 27.5 Å². The molecule has 1 aliphatic heterocycles. The molecule has 1 aromatic carbocycles. The van der Waals surface area contributed by atoms with Gasteiger partial charge in [0.05, 0.1) is 5.92 Å². The second-order valence-corrected chi connectivity index (χ2v) is 5.94. The highest BCUT2D eigenvalue weighted by Gasteiger charge is 2.32. The van der Waals surface area contributed by atoms with Gasteiger partial charge in [-0.05, 0) is 31.9 Å². The molecule has 0 radical (unpaired) electrons. The smallest absolute Gasteiger partial charge is 0.405 e. The van der Waals surface area contributed by atoms with Gasteiger partial charge in [-0.2, -0.15) is 0 Å². The minimum Gasteiger partial charge on any atom is -0.405 e. The number of amides is 2. The van der Waals surface area contributed by atoms with Gasteiger partial charge in [0.25, 0.3) is 0 Å². The van der Waals surface area contributed by atoms with Gasteiger partial charge < -0.3 is 15.4 Å². The Morgan fingerprint density at radius 1 is 1.28 bits per heavy atom. The molecule has 0 saturated carbocycles. The Hall–Kier alpha value is -2.51. The van der Waals surface area contributed by atoms with Crippen LogP contribution in [0.3, 0.4) is 0 Å². The van der Waals surface area contributed by atoms with Gasteiger partial charge in [-0.15, -0.1) is 13.2 Å². The minimum absolute atomic E-state index is 0.0746. The molecule has 0 aliphatic carbocycles. The highest BCUT2D eigenvalue weighted by molar-refractivity contribution is 5.93. The fourth-order valence-corrected chi connectivity index (χ4v) is 2.74. The number of halogens is 3. The van der Waals surface area contributed by atoms with Crippen molar-refractivity contribution in [1.29, 1.82) is 0 Å². The number of rotatable bonds is 4. The number of nitrogens with zero attached hydrogens (tertiary/aromatic N) is 1. The van der Waals surface area contributed by atoms with Crippen molar-refractivity contribution in [2.45, 2.75) is 32.2 Å². The van der Waals surface area contributed by atoms with Gasteiger partial charge in [0.2, 0.25) is 11.8 Å². The molecule has 8 heteroatoms. The zero-order chi connectivity index (χ0) is 18.6. The summed E-state index contributed by atoms with van der Waals surface area (Å²) < 4.78 is 41.2. The maximum Gasteiger partial charge on any atom is 0.573 e. The SMILES string of the molecule is C[C@@H]1CC[C@@H](C(N)=O)CN1C(=O)/C=C/c1ccccc1OC(F)(F)F. The van der Waals surface area contributed by atoms with E-state index in [1.54, 1.807) is 6.07 Å². The number of piperidine rings is 1. The van der Waals surface area contributed by atoms with E-state index >= 15 is 0 Å². The average molecular weight is 356 g/mol. The lowest BCUT2D eigenvalue weighted by Crippen LogP contribution is -2.48. The van der Waals surface area contributed by atoms with Crippen LogP contribution in [0.5, 0.6) is 5.75 Å². The van der Waals surface area contributed by atoms with Crippen molar-refractivity contribution in [2.24, 2.45) is 11.7 Å². The van der Waals surface area contributed by atoms with E-state index in [1.807, 2.05) is 6.92 Å². The number of nitrogens with two attached hydrogens (primary N) is 1. The Morgan fingerprint density at radius 3 is 2.60 bits per heavy atom. The molecule has 2 rings (SSSR count). The number of ether oxygens (including phenoxy) is 1. The molecular weight excluding hydrogens is 337 g/mol. The lowest BCUT2D eigenvalue weighted by Gasteiger charge is -2.36. The number of hydrogen-bond donors (Lipinski definition) is 1. The van der Waals surface area contributed by atoms with Crippen molar-refractivity contribution in [3.05, 3.63) is 35.9 Å². The van der Waals surface area contributed by atoms with Gasteiger partial charge in [0, 0.05) is 24.2 Å². The topological polar surface area (TPSA) is 72.6 Å². The number of carbonyl (C=O) groups excluding carboxylic acids is 2. The first kappa shape index (κ1) is 18.8. The molecule has 1 fully saturated rings. The molecule has 25 heavy (non-hydrogen) atoms. The highest BCUT2D eigenvalue weighted by atomic mass is 19.4. The molecule has 2 atom stereocenters. The first-order valence-electron chi connectivity index (χ1n) is 7.80. The average Bonchev–Trinajstić information content (AvgIpc) is 2.52. The molecule has 1 heterocycles. The van der Waals surface area contributed by atoms with Crippen molar-refractivity contribution >= 4 is 17.9 Å². The van der Waals surface area contributed by atoms with E-state index in [-0.39, 0.29) is 29.8 Å². The van der Waals surface area contributed by atoms with Gasteiger partial charge in [0.15, 0.2) is 0 Å². The summed E-state index contributed by atoms with van der Waals surface area (Å²) in [4.78, 5) is 25.2. The molecule has 0 unspecified atom stereocenters. The van der Waals surface area contributed by atoms with Crippen LogP contribution in [0, 0.1) is 5.92 Å². The number of benzene rings is 1. The number of primary amides is 1. The molecule has 2 N–H and O–H groups in total. The summed E-state index contributed by atoms with van der Waals surface area (Å²) in [5.41, 5.74) is 5.43. The van der Waals surface area contributed by atoms with Gasteiger partial charge >= 0.3 is 6.36 Å². The van der Waals surface area contributed by atoms with E-state index in [1.165, 1.54) is 35.3 Å². The lowest BCUT2D eigenvalue weighted by atomic mass is 9.93. The van der Waals surface area contributed by atoms with Crippen LogP contribution in [-0.4, -0.2) is 35.7 Å². The van der Waals surface area contributed by atoms with E-state index in [9.17, 15) is 22.8 Å². The summed E-state index contributed by atoms with van der Waals surface area (Å²) in [6, 6.07) is 5.46. The zero-order valence-electron chi connectivity index (χ0n) is 13.6. The number of alkyl halides is 3. The van der Waals surface area contributed by atoms with Crippen LogP contribution in [0.4, 0.5) is 13.2 Å². The first-order chi connectivity index (χ1) is 11.7. The highest BCUT2D eigenvalue weighted by Crippen LogP contribution is 2.27. The Balaban J connectivity index is 2.13. The molecule has 5 nitrogen and oxygen atoms in total. The van der Waals surface area contributed by atoms with Crippen LogP contribution in [-0.2, 0) is 9.59 Å². The Labute approximate surface area is 143 Å². The maximum absolute atomic E-state index is 12.4. The molecule has 1 aliphatic rings. The second-order valence-electron chi connectivity index (χ2n) is 5.94. The molecule has 136 valence electrons. The zero-order valence-corrected chi connectivity index (χ0v) is 13.6. The molecular formula is C17H19F3N2O3. The van der Waals surface area contributed by atoms with E-state index < -0.39 is 18.2 Å². The number of likely N-dealkylation sites (tertiary alicyclic amines) is 1. The third-order valence-corrected chi connectivity index (χ3v) is 4.12. The molecule has 2 amide bonds. The number of carbonyl (C=O) groups is 2.